The highest BCUT2D eigenvalue weighted by atomic mass is 32.1. The van der Waals surface area contributed by atoms with Gasteiger partial charge in [0.15, 0.2) is 5.13 Å². The van der Waals surface area contributed by atoms with Crippen molar-refractivity contribution in [3.05, 3.63) is 11.6 Å². The van der Waals surface area contributed by atoms with Crippen LogP contribution in [0.5, 0.6) is 0 Å². The van der Waals surface area contributed by atoms with Crippen LogP contribution < -0.4 is 10.6 Å². The first kappa shape index (κ1) is 16.9. The second-order valence-electron chi connectivity index (χ2n) is 6.43. The molecule has 1 aromatic heterocycles. The first-order chi connectivity index (χ1) is 11.6. The molecule has 0 aromatic carbocycles. The maximum atomic E-state index is 12.4. The zero-order chi connectivity index (χ0) is 17.1. The van der Waals surface area contributed by atoms with Crippen LogP contribution in [-0.4, -0.2) is 46.7 Å². The maximum Gasteiger partial charge on any atom is 0.248 e. The molecular weight excluding hydrogens is 328 g/mol. The van der Waals surface area contributed by atoms with Gasteiger partial charge in [-0.05, 0) is 25.2 Å². The number of anilines is 1. The second kappa shape index (κ2) is 7.29. The second-order valence-corrected chi connectivity index (χ2v) is 7.33. The Balaban J connectivity index is 1.46. The van der Waals surface area contributed by atoms with Gasteiger partial charge in [0.2, 0.25) is 17.7 Å². The molecule has 24 heavy (non-hydrogen) atoms. The molecule has 0 bridgehead atoms. The molecule has 7 nitrogen and oxygen atoms in total. The van der Waals surface area contributed by atoms with Gasteiger partial charge in [0, 0.05) is 37.0 Å². The topological polar surface area (TPSA) is 91.4 Å². The molecule has 1 aliphatic carbocycles. The third-order valence-electron chi connectivity index (χ3n) is 4.62. The molecule has 2 N–H and O–H groups in total. The summed E-state index contributed by atoms with van der Waals surface area (Å²) in [4.78, 5) is 42.1. The van der Waals surface area contributed by atoms with Gasteiger partial charge in [0.05, 0.1) is 0 Å². The van der Waals surface area contributed by atoms with Crippen molar-refractivity contribution in [2.75, 3.05) is 18.4 Å². The quantitative estimate of drug-likeness (QED) is 0.807. The Kier molecular flexibility index (Phi) is 5.13. The van der Waals surface area contributed by atoms with E-state index in [1.807, 2.05) is 6.92 Å². The van der Waals surface area contributed by atoms with Crippen LogP contribution in [0.4, 0.5) is 5.13 Å². The fourth-order valence-electron chi connectivity index (χ4n) is 3.07. The van der Waals surface area contributed by atoms with Crippen LogP contribution in [-0.2, 0) is 14.4 Å². The van der Waals surface area contributed by atoms with E-state index in [1.54, 1.807) is 16.5 Å². The van der Waals surface area contributed by atoms with E-state index in [9.17, 15) is 14.4 Å². The molecule has 1 aliphatic heterocycles. The summed E-state index contributed by atoms with van der Waals surface area (Å²) in [5, 5.41) is 7.91. The van der Waals surface area contributed by atoms with Crippen molar-refractivity contribution in [2.45, 2.75) is 38.6 Å². The lowest BCUT2D eigenvalue weighted by atomic mass is 10.2. The van der Waals surface area contributed by atoms with E-state index in [-0.39, 0.29) is 30.1 Å². The predicted molar refractivity (Wildman–Crippen MR) is 90.4 cm³/mol. The van der Waals surface area contributed by atoms with Gasteiger partial charge < -0.3 is 15.5 Å². The molecule has 0 spiro atoms. The van der Waals surface area contributed by atoms with Crippen LogP contribution in [0.2, 0.25) is 0 Å². The summed E-state index contributed by atoms with van der Waals surface area (Å²) in [5.41, 5.74) is 0. The Morgan fingerprint density at radius 3 is 2.83 bits per heavy atom. The number of carbonyl (C=O) groups is 3. The van der Waals surface area contributed by atoms with Crippen LogP contribution >= 0.6 is 11.3 Å². The lowest BCUT2D eigenvalue weighted by Gasteiger charge is -2.23. The van der Waals surface area contributed by atoms with Gasteiger partial charge in [-0.1, -0.05) is 6.92 Å². The van der Waals surface area contributed by atoms with Crippen molar-refractivity contribution in [3.63, 3.8) is 0 Å². The van der Waals surface area contributed by atoms with Crippen LogP contribution in [0, 0.1) is 11.8 Å². The minimum Gasteiger partial charge on any atom is -0.355 e. The fourth-order valence-corrected chi connectivity index (χ4v) is 3.60. The van der Waals surface area contributed by atoms with Gasteiger partial charge in [-0.2, -0.15) is 0 Å². The third-order valence-corrected chi connectivity index (χ3v) is 5.31. The van der Waals surface area contributed by atoms with E-state index in [0.29, 0.717) is 30.6 Å². The number of aromatic nitrogens is 1. The highest BCUT2D eigenvalue weighted by Gasteiger charge is 2.39. The summed E-state index contributed by atoms with van der Waals surface area (Å²) in [6, 6.07) is -0.444. The lowest BCUT2D eigenvalue weighted by molar-refractivity contribution is -0.136. The number of rotatable bonds is 6. The standard InChI is InChI=1S/C16H22N4O3S/c1-10-9-11(10)14(22)17-5-4-13(21)20-7-2-3-12(20)15(23)19-16-18-6-8-24-16/h6,8,10-12H,2-5,7,9H2,1H3,(H,17,22)(H,18,19,23). The van der Waals surface area contributed by atoms with Crippen molar-refractivity contribution in [2.24, 2.45) is 11.8 Å². The van der Waals surface area contributed by atoms with Crippen LogP contribution in [0.1, 0.15) is 32.6 Å². The Morgan fingerprint density at radius 1 is 1.38 bits per heavy atom. The average molecular weight is 350 g/mol. The molecule has 3 atom stereocenters. The third kappa shape index (κ3) is 3.92. The Morgan fingerprint density at radius 2 is 2.17 bits per heavy atom. The molecule has 2 fully saturated rings. The summed E-state index contributed by atoms with van der Waals surface area (Å²) >= 11 is 1.35. The monoisotopic (exact) mass is 350 g/mol. The summed E-state index contributed by atoms with van der Waals surface area (Å²) in [6.45, 7) is 2.96. The number of hydrogen-bond acceptors (Lipinski definition) is 5. The van der Waals surface area contributed by atoms with E-state index in [1.165, 1.54) is 11.3 Å². The number of likely N-dealkylation sites (tertiary alicyclic amines) is 1. The average Bonchev–Trinajstić information content (AvgIpc) is 2.99. The van der Waals surface area contributed by atoms with Gasteiger partial charge in [0.25, 0.3) is 0 Å². The zero-order valence-electron chi connectivity index (χ0n) is 13.7. The van der Waals surface area contributed by atoms with Crippen molar-refractivity contribution in [1.29, 1.82) is 0 Å². The van der Waals surface area contributed by atoms with E-state index in [2.05, 4.69) is 15.6 Å². The number of amides is 3. The fraction of sp³-hybridized carbons (Fsp3) is 0.625. The highest BCUT2D eigenvalue weighted by Crippen LogP contribution is 2.37. The number of carbonyl (C=O) groups excluding carboxylic acids is 3. The van der Waals surface area contributed by atoms with E-state index in [0.717, 1.165) is 12.8 Å². The molecule has 2 heterocycles. The predicted octanol–water partition coefficient (Wildman–Crippen LogP) is 1.23. The molecule has 130 valence electrons. The van der Waals surface area contributed by atoms with Crippen LogP contribution in [0.25, 0.3) is 0 Å². The van der Waals surface area contributed by atoms with Gasteiger partial charge in [0.1, 0.15) is 6.04 Å². The number of nitrogens with one attached hydrogen (secondary N) is 2. The largest absolute Gasteiger partial charge is 0.355 e. The Labute approximate surface area is 144 Å². The molecule has 1 saturated carbocycles. The molecule has 3 amide bonds. The highest BCUT2D eigenvalue weighted by molar-refractivity contribution is 7.13. The lowest BCUT2D eigenvalue weighted by Crippen LogP contribution is -2.44. The minimum absolute atomic E-state index is 0.0368. The normalized spacial score (nSPS) is 25.4. The molecule has 3 unspecified atom stereocenters. The molecule has 8 heteroatoms. The Bertz CT molecular complexity index is 619. The van der Waals surface area contributed by atoms with Gasteiger partial charge >= 0.3 is 0 Å². The summed E-state index contributed by atoms with van der Waals surface area (Å²) in [6.07, 6.45) is 4.27. The van der Waals surface area contributed by atoms with Crippen LogP contribution in [0.15, 0.2) is 11.6 Å². The van der Waals surface area contributed by atoms with Gasteiger partial charge in [-0.25, -0.2) is 4.98 Å². The van der Waals surface area contributed by atoms with E-state index in [4.69, 9.17) is 0 Å². The molecule has 0 radical (unpaired) electrons. The number of thiazole rings is 1. The van der Waals surface area contributed by atoms with Crippen LogP contribution in [0.3, 0.4) is 0 Å². The first-order valence-electron chi connectivity index (χ1n) is 8.34. The summed E-state index contributed by atoms with van der Waals surface area (Å²) < 4.78 is 0. The molecule has 3 rings (SSSR count). The molecule has 1 aromatic rings. The molecule has 2 aliphatic rings. The van der Waals surface area contributed by atoms with Crippen molar-refractivity contribution < 1.29 is 14.4 Å². The zero-order valence-corrected chi connectivity index (χ0v) is 14.5. The first-order valence-corrected chi connectivity index (χ1v) is 9.21. The van der Waals surface area contributed by atoms with Gasteiger partial charge in [-0.3, -0.25) is 14.4 Å². The maximum absolute atomic E-state index is 12.4. The molecular formula is C16H22N4O3S. The smallest absolute Gasteiger partial charge is 0.248 e. The molecule has 1 saturated heterocycles. The van der Waals surface area contributed by atoms with Crippen molar-refractivity contribution in [1.82, 2.24) is 15.2 Å². The number of hydrogen-bond donors (Lipinski definition) is 2. The summed E-state index contributed by atoms with van der Waals surface area (Å²) in [7, 11) is 0. The van der Waals surface area contributed by atoms with E-state index < -0.39 is 6.04 Å². The van der Waals surface area contributed by atoms with E-state index >= 15 is 0 Å². The SMILES string of the molecule is CC1CC1C(=O)NCCC(=O)N1CCCC1C(=O)Nc1nccs1. The van der Waals surface area contributed by atoms with Crippen molar-refractivity contribution >= 4 is 34.2 Å². The minimum atomic E-state index is -0.444. The number of nitrogens with zero attached hydrogens (tertiary/aromatic N) is 2. The Hall–Kier alpha value is -1.96. The summed E-state index contributed by atoms with van der Waals surface area (Å²) in [5.74, 6) is 0.333. The van der Waals surface area contributed by atoms with Crippen molar-refractivity contribution in [3.8, 4) is 0 Å². The van der Waals surface area contributed by atoms with Gasteiger partial charge in [-0.15, -0.1) is 11.3 Å².